The second-order valence-electron chi connectivity index (χ2n) is 5.29. The Morgan fingerprint density at radius 3 is 2.74 bits per heavy atom. The first-order chi connectivity index (χ1) is 9.26. The molecule has 0 aliphatic heterocycles. The standard InChI is InChI=1S/C14H19N3OS/c1-2-9-3-5-10(6-4-9)13-16-14(18-17-13)11-7-8-12(15)19-11/h7-10H,2-6,15H2,1H3. The molecule has 2 aromatic heterocycles. The minimum atomic E-state index is 0.470. The molecule has 5 heteroatoms. The number of thiophene rings is 1. The van der Waals surface area contributed by atoms with Crippen molar-refractivity contribution >= 4 is 16.3 Å². The Morgan fingerprint density at radius 2 is 2.11 bits per heavy atom. The third-order valence-electron chi connectivity index (χ3n) is 4.07. The van der Waals surface area contributed by atoms with Crippen LogP contribution in [0.2, 0.25) is 0 Å². The Hall–Kier alpha value is -1.36. The normalized spacial score (nSPS) is 23.6. The first-order valence-corrected chi connectivity index (χ1v) is 7.77. The fourth-order valence-electron chi connectivity index (χ4n) is 2.80. The minimum absolute atomic E-state index is 0.470. The SMILES string of the molecule is CCC1CCC(c2noc(-c3ccc(N)s3)n2)CC1. The van der Waals surface area contributed by atoms with Gasteiger partial charge in [0.25, 0.3) is 5.89 Å². The van der Waals surface area contributed by atoms with E-state index in [1.807, 2.05) is 12.1 Å². The maximum absolute atomic E-state index is 5.72. The second kappa shape index (κ2) is 5.33. The van der Waals surface area contributed by atoms with Crippen molar-refractivity contribution in [1.82, 2.24) is 10.1 Å². The fourth-order valence-corrected chi connectivity index (χ4v) is 3.49. The number of nitrogens with zero attached hydrogens (tertiary/aromatic N) is 2. The quantitative estimate of drug-likeness (QED) is 0.918. The summed E-state index contributed by atoms with van der Waals surface area (Å²) in [6.07, 6.45) is 6.24. The molecule has 0 aromatic carbocycles. The summed E-state index contributed by atoms with van der Waals surface area (Å²) < 4.78 is 5.36. The number of rotatable bonds is 3. The molecule has 0 radical (unpaired) electrons. The van der Waals surface area contributed by atoms with E-state index in [4.69, 9.17) is 10.3 Å². The van der Waals surface area contributed by atoms with E-state index in [-0.39, 0.29) is 0 Å². The van der Waals surface area contributed by atoms with Gasteiger partial charge in [-0.3, -0.25) is 0 Å². The van der Waals surface area contributed by atoms with Gasteiger partial charge in [-0.1, -0.05) is 18.5 Å². The van der Waals surface area contributed by atoms with E-state index in [1.165, 1.54) is 43.4 Å². The number of nitrogens with two attached hydrogens (primary N) is 1. The highest BCUT2D eigenvalue weighted by Crippen LogP contribution is 2.37. The van der Waals surface area contributed by atoms with Gasteiger partial charge in [0.05, 0.1) is 9.88 Å². The van der Waals surface area contributed by atoms with Crippen LogP contribution in [0, 0.1) is 5.92 Å². The molecule has 0 atom stereocenters. The van der Waals surface area contributed by atoms with Crippen LogP contribution in [-0.4, -0.2) is 10.1 Å². The highest BCUT2D eigenvalue weighted by Gasteiger charge is 2.25. The second-order valence-corrected chi connectivity index (χ2v) is 6.40. The summed E-state index contributed by atoms with van der Waals surface area (Å²) in [6.45, 7) is 2.28. The van der Waals surface area contributed by atoms with Crippen LogP contribution in [0.25, 0.3) is 10.8 Å². The molecule has 102 valence electrons. The summed E-state index contributed by atoms with van der Waals surface area (Å²) in [5.74, 6) is 2.84. The van der Waals surface area contributed by atoms with Crippen molar-refractivity contribution in [2.75, 3.05) is 5.73 Å². The smallest absolute Gasteiger partial charge is 0.268 e. The molecule has 0 bridgehead atoms. The summed E-state index contributed by atoms with van der Waals surface area (Å²) >= 11 is 1.49. The van der Waals surface area contributed by atoms with Gasteiger partial charge in [-0.05, 0) is 43.7 Å². The van der Waals surface area contributed by atoms with Gasteiger partial charge in [-0.2, -0.15) is 4.98 Å². The van der Waals surface area contributed by atoms with Crippen molar-refractivity contribution in [2.45, 2.75) is 44.9 Å². The lowest BCUT2D eigenvalue weighted by Crippen LogP contribution is -2.13. The third-order valence-corrected chi connectivity index (χ3v) is 4.97. The van der Waals surface area contributed by atoms with Crippen molar-refractivity contribution in [3.05, 3.63) is 18.0 Å². The van der Waals surface area contributed by atoms with E-state index in [9.17, 15) is 0 Å². The van der Waals surface area contributed by atoms with Crippen LogP contribution in [0.4, 0.5) is 5.00 Å². The molecule has 2 aromatic rings. The van der Waals surface area contributed by atoms with Crippen LogP contribution in [0.3, 0.4) is 0 Å². The summed E-state index contributed by atoms with van der Waals surface area (Å²) in [7, 11) is 0. The Morgan fingerprint density at radius 1 is 1.32 bits per heavy atom. The van der Waals surface area contributed by atoms with Crippen LogP contribution < -0.4 is 5.73 Å². The van der Waals surface area contributed by atoms with Gasteiger partial charge in [-0.15, -0.1) is 11.3 Å². The predicted molar refractivity (Wildman–Crippen MR) is 77.0 cm³/mol. The molecule has 1 fully saturated rings. The zero-order valence-electron chi connectivity index (χ0n) is 11.1. The monoisotopic (exact) mass is 277 g/mol. The molecule has 3 rings (SSSR count). The van der Waals surface area contributed by atoms with Crippen molar-refractivity contribution in [1.29, 1.82) is 0 Å². The molecule has 1 aliphatic rings. The van der Waals surface area contributed by atoms with Gasteiger partial charge < -0.3 is 10.3 Å². The number of aromatic nitrogens is 2. The zero-order valence-corrected chi connectivity index (χ0v) is 11.9. The van der Waals surface area contributed by atoms with Gasteiger partial charge in [0, 0.05) is 5.92 Å². The predicted octanol–water partition coefficient (Wildman–Crippen LogP) is 4.06. The summed E-state index contributed by atoms with van der Waals surface area (Å²) in [5, 5.41) is 4.93. The highest BCUT2D eigenvalue weighted by atomic mass is 32.1. The number of hydrogen-bond donors (Lipinski definition) is 1. The summed E-state index contributed by atoms with van der Waals surface area (Å²) in [4.78, 5) is 5.50. The van der Waals surface area contributed by atoms with E-state index in [2.05, 4.69) is 17.1 Å². The Kier molecular flexibility index (Phi) is 3.55. The van der Waals surface area contributed by atoms with Gasteiger partial charge in [0.1, 0.15) is 0 Å². The van der Waals surface area contributed by atoms with Gasteiger partial charge in [0.15, 0.2) is 5.82 Å². The molecule has 4 nitrogen and oxygen atoms in total. The van der Waals surface area contributed by atoms with Gasteiger partial charge in [-0.25, -0.2) is 0 Å². The number of anilines is 1. The lowest BCUT2D eigenvalue weighted by molar-refractivity contribution is 0.305. The Balaban J connectivity index is 1.72. The molecule has 2 N–H and O–H groups in total. The van der Waals surface area contributed by atoms with Crippen molar-refractivity contribution < 1.29 is 4.52 Å². The van der Waals surface area contributed by atoms with E-state index in [0.717, 1.165) is 21.6 Å². The molecular weight excluding hydrogens is 258 g/mol. The largest absolute Gasteiger partial charge is 0.391 e. The van der Waals surface area contributed by atoms with E-state index in [1.54, 1.807) is 0 Å². The molecule has 0 spiro atoms. The molecule has 1 saturated carbocycles. The Bertz CT molecular complexity index is 540. The van der Waals surface area contributed by atoms with E-state index in [0.29, 0.717) is 11.8 Å². The molecule has 2 heterocycles. The van der Waals surface area contributed by atoms with Crippen molar-refractivity contribution in [3.8, 4) is 10.8 Å². The average Bonchev–Trinajstić information content (AvgIpc) is 3.07. The molecular formula is C14H19N3OS. The van der Waals surface area contributed by atoms with Crippen LogP contribution in [0.1, 0.15) is 50.8 Å². The first kappa shape index (κ1) is 12.7. The lowest BCUT2D eigenvalue weighted by Gasteiger charge is -2.25. The Labute approximate surface area is 117 Å². The number of nitrogen functional groups attached to an aromatic ring is 1. The molecule has 0 amide bonds. The van der Waals surface area contributed by atoms with Crippen molar-refractivity contribution in [2.24, 2.45) is 5.92 Å². The third kappa shape index (κ3) is 2.66. The number of hydrogen-bond acceptors (Lipinski definition) is 5. The van der Waals surface area contributed by atoms with Gasteiger partial charge in [0.2, 0.25) is 0 Å². The molecule has 19 heavy (non-hydrogen) atoms. The average molecular weight is 277 g/mol. The summed E-state index contributed by atoms with van der Waals surface area (Å²) in [6, 6.07) is 3.81. The van der Waals surface area contributed by atoms with Crippen LogP contribution in [0.5, 0.6) is 0 Å². The molecule has 0 unspecified atom stereocenters. The van der Waals surface area contributed by atoms with Gasteiger partial charge >= 0.3 is 0 Å². The first-order valence-electron chi connectivity index (χ1n) is 6.95. The van der Waals surface area contributed by atoms with E-state index < -0.39 is 0 Å². The highest BCUT2D eigenvalue weighted by molar-refractivity contribution is 7.19. The minimum Gasteiger partial charge on any atom is -0.391 e. The van der Waals surface area contributed by atoms with E-state index >= 15 is 0 Å². The topological polar surface area (TPSA) is 64.9 Å². The maximum Gasteiger partial charge on any atom is 0.268 e. The maximum atomic E-state index is 5.72. The van der Waals surface area contributed by atoms with Crippen LogP contribution >= 0.6 is 11.3 Å². The molecule has 0 saturated heterocycles. The summed E-state index contributed by atoms with van der Waals surface area (Å²) in [5.41, 5.74) is 5.72. The van der Waals surface area contributed by atoms with Crippen LogP contribution in [-0.2, 0) is 0 Å². The van der Waals surface area contributed by atoms with Crippen LogP contribution in [0.15, 0.2) is 16.7 Å². The zero-order chi connectivity index (χ0) is 13.2. The fraction of sp³-hybridized carbons (Fsp3) is 0.571. The molecule has 1 aliphatic carbocycles. The lowest BCUT2D eigenvalue weighted by atomic mass is 9.80. The van der Waals surface area contributed by atoms with Crippen molar-refractivity contribution in [3.63, 3.8) is 0 Å².